The van der Waals surface area contributed by atoms with Gasteiger partial charge in [0.2, 0.25) is 5.75 Å². The van der Waals surface area contributed by atoms with Gasteiger partial charge in [-0.1, -0.05) is 6.07 Å². The molecule has 1 aromatic carbocycles. The van der Waals surface area contributed by atoms with Crippen LogP contribution in [0.15, 0.2) is 18.2 Å². The van der Waals surface area contributed by atoms with E-state index < -0.39 is 12.6 Å². The maximum Gasteiger partial charge on any atom is 0.412 e. The van der Waals surface area contributed by atoms with Gasteiger partial charge < -0.3 is 24.3 Å². The second-order valence-corrected chi connectivity index (χ2v) is 3.20. The number of nitrogens with one attached hydrogen (secondary N) is 1. The molecule has 0 bridgehead atoms. The molecule has 92 valence electrons. The number of hydrogen-bond donors (Lipinski definition) is 1. The Hall–Kier alpha value is -1.95. The van der Waals surface area contributed by atoms with Gasteiger partial charge in [-0.3, -0.25) is 0 Å². The summed E-state index contributed by atoms with van der Waals surface area (Å²) in [6.07, 6.45) is -0.568. The largest absolute Gasteiger partial charge is 0.428 e. The Labute approximate surface area is 98.4 Å². The number of carbonyl (C=O) groups excluding carboxylic acids is 1. The predicted molar refractivity (Wildman–Crippen MR) is 58.2 cm³/mol. The SMILES string of the molecule is CCOC1Oc2cccc(OC(=O)NC)c2O1. The Bertz CT molecular complexity index is 420. The molecular weight excluding hydrogens is 226 g/mol. The van der Waals surface area contributed by atoms with E-state index in [2.05, 4.69) is 5.32 Å². The molecule has 0 saturated heterocycles. The van der Waals surface area contributed by atoms with Crippen molar-refractivity contribution >= 4 is 6.09 Å². The van der Waals surface area contributed by atoms with Gasteiger partial charge in [0.1, 0.15) is 0 Å². The van der Waals surface area contributed by atoms with E-state index in [1.165, 1.54) is 7.05 Å². The molecule has 6 nitrogen and oxygen atoms in total. The fourth-order valence-corrected chi connectivity index (χ4v) is 1.36. The van der Waals surface area contributed by atoms with Crippen molar-refractivity contribution in [3.8, 4) is 17.2 Å². The minimum atomic E-state index is -0.788. The van der Waals surface area contributed by atoms with Gasteiger partial charge in [-0.2, -0.15) is 0 Å². The monoisotopic (exact) mass is 239 g/mol. The van der Waals surface area contributed by atoms with Gasteiger partial charge in [0, 0.05) is 7.05 Å². The summed E-state index contributed by atoms with van der Waals surface area (Å²) in [5.41, 5.74) is 0. The lowest BCUT2D eigenvalue weighted by Gasteiger charge is -2.09. The second kappa shape index (κ2) is 4.92. The van der Waals surface area contributed by atoms with Gasteiger partial charge in [0.25, 0.3) is 0 Å². The molecule has 6 heteroatoms. The molecule has 1 N–H and O–H groups in total. The first-order chi connectivity index (χ1) is 8.24. The second-order valence-electron chi connectivity index (χ2n) is 3.20. The van der Waals surface area contributed by atoms with E-state index in [0.29, 0.717) is 23.9 Å². The number of ether oxygens (including phenoxy) is 4. The molecular formula is C11H13NO5. The van der Waals surface area contributed by atoms with Gasteiger partial charge >= 0.3 is 12.6 Å². The fraction of sp³-hybridized carbons (Fsp3) is 0.364. The Morgan fingerprint density at radius 1 is 1.47 bits per heavy atom. The van der Waals surface area contributed by atoms with Gasteiger partial charge in [-0.25, -0.2) is 4.79 Å². The van der Waals surface area contributed by atoms with Crippen LogP contribution in [0.2, 0.25) is 0 Å². The first kappa shape index (κ1) is 11.5. The summed E-state index contributed by atoms with van der Waals surface area (Å²) in [5, 5.41) is 2.35. The van der Waals surface area contributed by atoms with Gasteiger partial charge in [0.05, 0.1) is 6.61 Å². The molecule has 17 heavy (non-hydrogen) atoms. The zero-order valence-electron chi connectivity index (χ0n) is 9.56. The summed E-state index contributed by atoms with van der Waals surface area (Å²) in [6, 6.07) is 5.03. The molecule has 1 heterocycles. The number of fused-ring (bicyclic) bond motifs is 1. The minimum absolute atomic E-state index is 0.295. The van der Waals surface area contributed by atoms with E-state index in [0.717, 1.165) is 0 Å². The Morgan fingerprint density at radius 2 is 2.29 bits per heavy atom. The first-order valence-electron chi connectivity index (χ1n) is 5.22. The van der Waals surface area contributed by atoms with Crippen LogP contribution in [0.1, 0.15) is 6.92 Å². The van der Waals surface area contributed by atoms with Gasteiger partial charge in [-0.05, 0) is 19.1 Å². The fourth-order valence-electron chi connectivity index (χ4n) is 1.36. The third kappa shape index (κ3) is 2.42. The van der Waals surface area contributed by atoms with Crippen molar-refractivity contribution in [1.29, 1.82) is 0 Å². The number of amides is 1. The van der Waals surface area contributed by atoms with Crippen molar-refractivity contribution in [2.75, 3.05) is 13.7 Å². The van der Waals surface area contributed by atoms with Crippen LogP contribution in [0, 0.1) is 0 Å². The third-order valence-electron chi connectivity index (χ3n) is 2.09. The molecule has 0 aromatic heterocycles. The molecule has 0 saturated carbocycles. The Kier molecular flexibility index (Phi) is 3.34. The van der Waals surface area contributed by atoms with Crippen molar-refractivity contribution in [2.24, 2.45) is 0 Å². The van der Waals surface area contributed by atoms with E-state index in [1.54, 1.807) is 18.2 Å². The number of carbonyl (C=O) groups is 1. The summed E-state index contributed by atoms with van der Waals surface area (Å²) in [6.45, 7) is 1.51. The van der Waals surface area contributed by atoms with Crippen molar-refractivity contribution in [2.45, 2.75) is 13.4 Å². The summed E-state index contributed by atoms with van der Waals surface area (Å²) in [5.74, 6) is 1.16. The number of para-hydroxylation sites is 1. The van der Waals surface area contributed by atoms with Gasteiger partial charge in [-0.15, -0.1) is 0 Å². The van der Waals surface area contributed by atoms with E-state index in [-0.39, 0.29) is 0 Å². The Morgan fingerprint density at radius 3 is 3.00 bits per heavy atom. The van der Waals surface area contributed by atoms with Crippen LogP contribution in [0.25, 0.3) is 0 Å². The number of benzene rings is 1. The van der Waals surface area contributed by atoms with Crippen molar-refractivity contribution in [3.05, 3.63) is 18.2 Å². The van der Waals surface area contributed by atoms with Crippen LogP contribution >= 0.6 is 0 Å². The molecule has 1 aliphatic heterocycles. The third-order valence-corrected chi connectivity index (χ3v) is 2.09. The standard InChI is InChI=1S/C11H13NO5/c1-3-14-11-16-8-6-4-5-7(9(8)17-11)15-10(13)12-2/h4-6,11H,3H2,1-2H3,(H,12,13). The van der Waals surface area contributed by atoms with Crippen molar-refractivity contribution in [1.82, 2.24) is 5.32 Å². The highest BCUT2D eigenvalue weighted by Crippen LogP contribution is 2.42. The zero-order chi connectivity index (χ0) is 12.3. The molecule has 1 unspecified atom stereocenters. The highest BCUT2D eigenvalue weighted by molar-refractivity contribution is 5.71. The summed E-state index contributed by atoms with van der Waals surface area (Å²) in [4.78, 5) is 11.1. The lowest BCUT2D eigenvalue weighted by atomic mass is 10.3. The molecule has 1 aromatic rings. The van der Waals surface area contributed by atoms with Gasteiger partial charge in [0.15, 0.2) is 11.5 Å². The maximum atomic E-state index is 11.1. The van der Waals surface area contributed by atoms with Crippen LogP contribution in [0.4, 0.5) is 4.79 Å². The average Bonchev–Trinajstić information content (AvgIpc) is 2.73. The molecule has 0 radical (unpaired) electrons. The van der Waals surface area contributed by atoms with E-state index in [1.807, 2.05) is 6.92 Å². The topological polar surface area (TPSA) is 66.0 Å². The molecule has 1 amide bonds. The predicted octanol–water partition coefficient (Wildman–Crippen LogP) is 1.50. The summed E-state index contributed by atoms with van der Waals surface area (Å²) < 4.78 is 20.9. The Balaban J connectivity index is 2.16. The van der Waals surface area contributed by atoms with E-state index in [4.69, 9.17) is 18.9 Å². The summed E-state index contributed by atoms with van der Waals surface area (Å²) in [7, 11) is 1.48. The maximum absolute atomic E-state index is 11.1. The molecule has 0 fully saturated rings. The lowest BCUT2D eigenvalue weighted by molar-refractivity contribution is -0.173. The number of hydrogen-bond acceptors (Lipinski definition) is 5. The minimum Gasteiger partial charge on any atom is -0.428 e. The van der Waals surface area contributed by atoms with Crippen LogP contribution in [0.3, 0.4) is 0 Å². The molecule has 0 spiro atoms. The first-order valence-corrected chi connectivity index (χ1v) is 5.22. The van der Waals surface area contributed by atoms with Crippen LogP contribution in [-0.2, 0) is 4.74 Å². The van der Waals surface area contributed by atoms with Crippen LogP contribution in [-0.4, -0.2) is 26.2 Å². The smallest absolute Gasteiger partial charge is 0.412 e. The molecule has 1 atom stereocenters. The molecule has 1 aliphatic rings. The summed E-state index contributed by atoms with van der Waals surface area (Å²) >= 11 is 0. The highest BCUT2D eigenvalue weighted by Gasteiger charge is 2.28. The number of rotatable bonds is 3. The lowest BCUT2D eigenvalue weighted by Crippen LogP contribution is -2.23. The van der Waals surface area contributed by atoms with Crippen molar-refractivity contribution < 1.29 is 23.7 Å². The zero-order valence-corrected chi connectivity index (χ0v) is 9.56. The van der Waals surface area contributed by atoms with Crippen LogP contribution < -0.4 is 19.5 Å². The average molecular weight is 239 g/mol. The van der Waals surface area contributed by atoms with E-state index >= 15 is 0 Å². The molecule has 2 rings (SSSR count). The highest BCUT2D eigenvalue weighted by atomic mass is 16.9. The normalized spacial score (nSPS) is 16.7. The molecule has 0 aliphatic carbocycles. The quantitative estimate of drug-likeness (QED) is 0.865. The van der Waals surface area contributed by atoms with E-state index in [9.17, 15) is 4.79 Å². The van der Waals surface area contributed by atoms with Crippen molar-refractivity contribution in [3.63, 3.8) is 0 Å². The van der Waals surface area contributed by atoms with Crippen LogP contribution in [0.5, 0.6) is 17.2 Å².